The zero-order chi connectivity index (χ0) is 17.1. The van der Waals surface area contributed by atoms with Gasteiger partial charge in [0, 0.05) is 12.8 Å². The molecule has 0 spiro atoms. The van der Waals surface area contributed by atoms with Gasteiger partial charge in [0.15, 0.2) is 11.5 Å². The quantitative estimate of drug-likeness (QED) is 0.500. The molecule has 1 aromatic rings. The Morgan fingerprint density at radius 3 is 2.04 bits per heavy atom. The Morgan fingerprint density at radius 1 is 0.957 bits per heavy atom. The minimum absolute atomic E-state index is 0.0390. The molecule has 0 aliphatic carbocycles. The molecule has 0 unspecified atom stereocenters. The van der Waals surface area contributed by atoms with Crippen molar-refractivity contribution in [1.29, 1.82) is 0 Å². The van der Waals surface area contributed by atoms with Crippen LogP contribution in [0.1, 0.15) is 31.2 Å². The maximum Gasteiger partial charge on any atom is 0.303 e. The number of hydrogen-bond donors (Lipinski definition) is 3. The van der Waals surface area contributed by atoms with Crippen LogP contribution in [-0.2, 0) is 16.0 Å². The van der Waals surface area contributed by atoms with Crippen molar-refractivity contribution >= 4 is 11.9 Å². The summed E-state index contributed by atoms with van der Waals surface area (Å²) in [5, 5.41) is 17.2. The first-order valence-electron chi connectivity index (χ1n) is 7.55. The number of ether oxygens (including phenoxy) is 2. The molecule has 128 valence electrons. The number of nitrogens with two attached hydrogens (primary N) is 1. The fourth-order valence-corrected chi connectivity index (χ4v) is 1.92. The maximum atomic E-state index is 10.5. The Morgan fingerprint density at radius 2 is 1.52 bits per heavy atom. The molecule has 0 atom stereocenters. The zero-order valence-electron chi connectivity index (χ0n) is 13.0. The molecule has 1 aromatic carbocycles. The number of benzene rings is 1. The topological polar surface area (TPSA) is 119 Å². The maximum absolute atomic E-state index is 10.5. The Balaban J connectivity index is 2.62. The van der Waals surface area contributed by atoms with E-state index in [4.69, 9.17) is 25.4 Å². The second-order valence-corrected chi connectivity index (χ2v) is 5.01. The van der Waals surface area contributed by atoms with Gasteiger partial charge in [-0.1, -0.05) is 6.07 Å². The number of aliphatic carboxylic acids is 2. The highest BCUT2D eigenvalue weighted by atomic mass is 16.5. The van der Waals surface area contributed by atoms with Gasteiger partial charge >= 0.3 is 11.9 Å². The highest BCUT2D eigenvalue weighted by molar-refractivity contribution is 5.66. The normalized spacial score (nSPS) is 10.3. The summed E-state index contributed by atoms with van der Waals surface area (Å²) in [6.07, 6.45) is 1.58. The Hall–Kier alpha value is -2.28. The fraction of sp³-hybridized carbons (Fsp3) is 0.500. The lowest BCUT2D eigenvalue weighted by Crippen LogP contribution is -2.07. The molecule has 0 aliphatic rings. The Bertz CT molecular complexity index is 517. The van der Waals surface area contributed by atoms with Gasteiger partial charge in [-0.25, -0.2) is 0 Å². The summed E-state index contributed by atoms with van der Waals surface area (Å²) in [4.78, 5) is 21.0. The van der Waals surface area contributed by atoms with E-state index >= 15 is 0 Å². The van der Waals surface area contributed by atoms with Crippen molar-refractivity contribution in [3.05, 3.63) is 23.8 Å². The van der Waals surface area contributed by atoms with Crippen LogP contribution in [0.3, 0.4) is 0 Å². The summed E-state index contributed by atoms with van der Waals surface area (Å²) in [5.41, 5.74) is 6.54. The molecule has 7 nitrogen and oxygen atoms in total. The van der Waals surface area contributed by atoms with Crippen LogP contribution in [0.15, 0.2) is 18.2 Å². The first-order chi connectivity index (χ1) is 11.0. The van der Waals surface area contributed by atoms with Crippen molar-refractivity contribution in [2.45, 2.75) is 32.1 Å². The van der Waals surface area contributed by atoms with Gasteiger partial charge in [-0.05, 0) is 43.5 Å². The lowest BCUT2D eigenvalue weighted by molar-refractivity contribution is -0.138. The van der Waals surface area contributed by atoms with E-state index < -0.39 is 11.9 Å². The zero-order valence-corrected chi connectivity index (χ0v) is 13.0. The van der Waals surface area contributed by atoms with Crippen molar-refractivity contribution in [2.75, 3.05) is 19.8 Å². The van der Waals surface area contributed by atoms with Gasteiger partial charge < -0.3 is 25.4 Å². The molecule has 0 aliphatic heterocycles. The third-order valence-corrected chi connectivity index (χ3v) is 3.03. The van der Waals surface area contributed by atoms with Gasteiger partial charge in [0.2, 0.25) is 0 Å². The monoisotopic (exact) mass is 325 g/mol. The van der Waals surface area contributed by atoms with Crippen LogP contribution in [0.4, 0.5) is 0 Å². The summed E-state index contributed by atoms with van der Waals surface area (Å²) in [6, 6.07) is 5.46. The van der Waals surface area contributed by atoms with Gasteiger partial charge in [-0.2, -0.15) is 0 Å². The lowest BCUT2D eigenvalue weighted by Gasteiger charge is -2.14. The summed E-state index contributed by atoms with van der Waals surface area (Å²) >= 11 is 0. The SMILES string of the molecule is NCCc1ccc(OCCCC(=O)O)c(OCCCC(=O)O)c1. The second-order valence-electron chi connectivity index (χ2n) is 5.01. The van der Waals surface area contributed by atoms with Gasteiger partial charge in [0.25, 0.3) is 0 Å². The number of carbonyl (C=O) groups is 2. The molecule has 7 heteroatoms. The lowest BCUT2D eigenvalue weighted by atomic mass is 10.1. The van der Waals surface area contributed by atoms with E-state index in [1.165, 1.54) is 0 Å². The smallest absolute Gasteiger partial charge is 0.303 e. The third kappa shape index (κ3) is 8.06. The molecule has 0 aromatic heterocycles. The Kier molecular flexibility index (Phi) is 8.52. The summed E-state index contributed by atoms with van der Waals surface area (Å²) in [7, 11) is 0. The number of rotatable bonds is 12. The predicted octanol–water partition coefficient (Wildman–Crippen LogP) is 1.67. The molecule has 1 rings (SSSR count). The van der Waals surface area contributed by atoms with Gasteiger partial charge in [-0.3, -0.25) is 9.59 Å². The molecule has 23 heavy (non-hydrogen) atoms. The molecule has 0 radical (unpaired) electrons. The minimum Gasteiger partial charge on any atom is -0.490 e. The van der Waals surface area contributed by atoms with Gasteiger partial charge in [-0.15, -0.1) is 0 Å². The number of carboxylic acids is 2. The summed E-state index contributed by atoms with van der Waals surface area (Å²) in [5.74, 6) is -0.684. The van der Waals surface area contributed by atoms with E-state index in [2.05, 4.69) is 0 Å². The van der Waals surface area contributed by atoms with Crippen LogP contribution in [0, 0.1) is 0 Å². The van der Waals surface area contributed by atoms with Crippen molar-refractivity contribution in [3.63, 3.8) is 0 Å². The molecule has 0 amide bonds. The van der Waals surface area contributed by atoms with Crippen molar-refractivity contribution in [1.82, 2.24) is 0 Å². The molecule has 0 saturated heterocycles. The highest BCUT2D eigenvalue weighted by Gasteiger charge is 2.08. The van der Waals surface area contributed by atoms with Crippen LogP contribution in [-0.4, -0.2) is 41.9 Å². The van der Waals surface area contributed by atoms with E-state index in [9.17, 15) is 9.59 Å². The Labute approximate surface area is 135 Å². The van der Waals surface area contributed by atoms with Crippen LogP contribution in [0.5, 0.6) is 11.5 Å². The summed E-state index contributed by atoms with van der Waals surface area (Å²) < 4.78 is 11.2. The van der Waals surface area contributed by atoms with Crippen molar-refractivity contribution in [2.24, 2.45) is 5.73 Å². The van der Waals surface area contributed by atoms with E-state index in [1.807, 2.05) is 12.1 Å². The van der Waals surface area contributed by atoms with Crippen LogP contribution >= 0.6 is 0 Å². The largest absolute Gasteiger partial charge is 0.490 e. The first kappa shape index (κ1) is 18.8. The molecule has 0 bridgehead atoms. The average molecular weight is 325 g/mol. The molecule has 0 heterocycles. The van der Waals surface area contributed by atoms with Gasteiger partial charge in [0.1, 0.15) is 0 Å². The average Bonchev–Trinajstić information content (AvgIpc) is 2.49. The molecule has 4 N–H and O–H groups in total. The molecular formula is C16H23NO6. The highest BCUT2D eigenvalue weighted by Crippen LogP contribution is 2.29. The van der Waals surface area contributed by atoms with E-state index in [-0.39, 0.29) is 26.1 Å². The molecule has 0 fully saturated rings. The van der Waals surface area contributed by atoms with Gasteiger partial charge in [0.05, 0.1) is 13.2 Å². The summed E-state index contributed by atoms with van der Waals surface area (Å²) in [6.45, 7) is 1.05. The molecular weight excluding hydrogens is 302 g/mol. The van der Waals surface area contributed by atoms with E-state index in [0.717, 1.165) is 5.56 Å². The van der Waals surface area contributed by atoms with Crippen LogP contribution < -0.4 is 15.2 Å². The third-order valence-electron chi connectivity index (χ3n) is 3.03. The second kappa shape index (κ2) is 10.4. The fourth-order valence-electron chi connectivity index (χ4n) is 1.92. The van der Waals surface area contributed by atoms with E-state index in [0.29, 0.717) is 37.3 Å². The predicted molar refractivity (Wildman–Crippen MR) is 83.9 cm³/mol. The van der Waals surface area contributed by atoms with Crippen LogP contribution in [0.25, 0.3) is 0 Å². The number of hydrogen-bond acceptors (Lipinski definition) is 5. The number of carboxylic acid groups (broad SMARTS) is 2. The standard InChI is InChI=1S/C16H23NO6/c17-8-7-12-5-6-13(22-9-1-3-15(18)19)14(11-12)23-10-2-4-16(20)21/h5-6,11H,1-4,7-10,17H2,(H,18,19)(H,20,21). The van der Waals surface area contributed by atoms with Crippen molar-refractivity contribution < 1.29 is 29.3 Å². The molecule has 0 saturated carbocycles. The first-order valence-corrected chi connectivity index (χ1v) is 7.55. The van der Waals surface area contributed by atoms with Crippen LogP contribution in [0.2, 0.25) is 0 Å². The van der Waals surface area contributed by atoms with E-state index in [1.54, 1.807) is 6.07 Å². The van der Waals surface area contributed by atoms with Crippen molar-refractivity contribution in [3.8, 4) is 11.5 Å². The minimum atomic E-state index is -0.865.